The van der Waals surface area contributed by atoms with Gasteiger partial charge >= 0.3 is 0 Å². The van der Waals surface area contributed by atoms with Crippen molar-refractivity contribution in [3.05, 3.63) is 10.6 Å². The van der Waals surface area contributed by atoms with E-state index < -0.39 is 11.3 Å². The van der Waals surface area contributed by atoms with Crippen LogP contribution in [0.2, 0.25) is 0 Å². The lowest BCUT2D eigenvalue weighted by molar-refractivity contribution is -0.117. The summed E-state index contributed by atoms with van der Waals surface area (Å²) in [7, 11) is 0. The SMILES string of the molecule is CSC1=C(C#N)C2(CCCCC2)C(C#N)C(NC(=O)CS)=N1. The van der Waals surface area contributed by atoms with Crippen LogP contribution >= 0.6 is 24.4 Å². The number of hydrogen-bond donors (Lipinski definition) is 2. The van der Waals surface area contributed by atoms with Crippen molar-refractivity contribution in [3.63, 3.8) is 0 Å². The van der Waals surface area contributed by atoms with E-state index in [-0.39, 0.29) is 11.7 Å². The van der Waals surface area contributed by atoms with Crippen LogP contribution in [-0.2, 0) is 4.79 Å². The van der Waals surface area contributed by atoms with Crippen molar-refractivity contribution in [1.29, 1.82) is 10.5 Å². The number of nitrogens with one attached hydrogen (secondary N) is 1. The molecule has 0 saturated heterocycles. The smallest absolute Gasteiger partial charge is 0.235 e. The number of aliphatic imine (C=N–C) groups is 1. The molecule has 0 aromatic rings. The molecule has 1 unspecified atom stereocenters. The zero-order chi connectivity index (χ0) is 16.2. The van der Waals surface area contributed by atoms with E-state index in [1.807, 2.05) is 6.26 Å². The average molecular weight is 334 g/mol. The third-order valence-corrected chi connectivity index (χ3v) is 5.32. The Balaban J connectivity index is 2.54. The highest BCUT2D eigenvalue weighted by Gasteiger charge is 2.49. The second kappa shape index (κ2) is 7.21. The van der Waals surface area contributed by atoms with E-state index in [9.17, 15) is 15.3 Å². The molecule has 1 fully saturated rings. The van der Waals surface area contributed by atoms with Gasteiger partial charge in [-0.2, -0.15) is 23.2 Å². The third kappa shape index (κ3) is 2.88. The van der Waals surface area contributed by atoms with E-state index in [0.29, 0.717) is 16.4 Å². The summed E-state index contributed by atoms with van der Waals surface area (Å²) in [6, 6.07) is 4.58. The Kier molecular flexibility index (Phi) is 5.55. The standard InChI is InChI=1S/C15H18N4OS2/c1-22-14-11(8-17)15(5-3-2-4-6-15)10(7-16)13(19-14)18-12(20)9-21/h10,21H,2-6,9H2,1H3,(H,18,19,20). The molecule has 2 aliphatic rings. The molecule has 22 heavy (non-hydrogen) atoms. The summed E-state index contributed by atoms with van der Waals surface area (Å²) in [6.07, 6.45) is 6.51. The molecule has 7 heteroatoms. The van der Waals surface area contributed by atoms with Crippen LogP contribution in [0.25, 0.3) is 0 Å². The van der Waals surface area contributed by atoms with Gasteiger partial charge in [0.25, 0.3) is 0 Å². The molecule has 0 radical (unpaired) electrons. The molecule has 0 aromatic carbocycles. The number of thioether (sulfide) groups is 1. The molecule has 1 amide bonds. The molecule has 0 aromatic heterocycles. The Morgan fingerprint density at radius 2 is 2.14 bits per heavy atom. The first-order valence-corrected chi connectivity index (χ1v) is 9.06. The van der Waals surface area contributed by atoms with Crippen LogP contribution < -0.4 is 5.32 Å². The van der Waals surface area contributed by atoms with E-state index in [4.69, 9.17) is 0 Å². The van der Waals surface area contributed by atoms with Gasteiger partial charge in [0.15, 0.2) is 0 Å². The summed E-state index contributed by atoms with van der Waals surface area (Å²) in [5.41, 5.74) is 0.0938. The number of allylic oxidation sites excluding steroid dienone is 1. The maximum absolute atomic E-state index is 11.7. The van der Waals surface area contributed by atoms with Gasteiger partial charge in [-0.1, -0.05) is 19.3 Å². The number of thiol groups is 1. The van der Waals surface area contributed by atoms with Crippen LogP contribution in [-0.4, -0.2) is 23.8 Å². The van der Waals surface area contributed by atoms with Crippen molar-refractivity contribution in [3.8, 4) is 12.1 Å². The summed E-state index contributed by atoms with van der Waals surface area (Å²) in [5, 5.41) is 22.7. The molecule has 1 saturated carbocycles. The number of amides is 1. The number of nitrogens with zero attached hydrogens (tertiary/aromatic N) is 3. The first-order valence-electron chi connectivity index (χ1n) is 7.20. The van der Waals surface area contributed by atoms with E-state index in [2.05, 4.69) is 35.1 Å². The van der Waals surface area contributed by atoms with Crippen molar-refractivity contribution in [1.82, 2.24) is 5.32 Å². The van der Waals surface area contributed by atoms with Crippen molar-refractivity contribution >= 4 is 36.1 Å². The first kappa shape index (κ1) is 16.9. The molecule has 1 N–H and O–H groups in total. The van der Waals surface area contributed by atoms with Gasteiger partial charge in [-0.3, -0.25) is 4.79 Å². The zero-order valence-corrected chi connectivity index (χ0v) is 14.1. The van der Waals surface area contributed by atoms with Crippen LogP contribution in [0.1, 0.15) is 32.1 Å². The molecule has 1 heterocycles. The monoisotopic (exact) mass is 334 g/mol. The Hall–Kier alpha value is -1.44. The van der Waals surface area contributed by atoms with Gasteiger partial charge in [0.05, 0.1) is 23.5 Å². The first-order chi connectivity index (χ1) is 10.6. The number of nitriles is 2. The van der Waals surface area contributed by atoms with Crippen LogP contribution in [0.15, 0.2) is 15.6 Å². The minimum Gasteiger partial charge on any atom is -0.312 e. The van der Waals surface area contributed by atoms with E-state index in [0.717, 1.165) is 32.1 Å². The Morgan fingerprint density at radius 1 is 1.45 bits per heavy atom. The van der Waals surface area contributed by atoms with Crippen LogP contribution in [0.3, 0.4) is 0 Å². The van der Waals surface area contributed by atoms with Gasteiger partial charge in [0.2, 0.25) is 5.91 Å². The van der Waals surface area contributed by atoms with E-state index >= 15 is 0 Å². The average Bonchev–Trinajstić information content (AvgIpc) is 2.55. The number of hydrogen-bond acceptors (Lipinski definition) is 6. The fourth-order valence-corrected chi connectivity index (χ4v) is 4.07. The van der Waals surface area contributed by atoms with Crippen LogP contribution in [0.5, 0.6) is 0 Å². The van der Waals surface area contributed by atoms with Gasteiger partial charge in [0, 0.05) is 5.41 Å². The highest BCUT2D eigenvalue weighted by atomic mass is 32.2. The van der Waals surface area contributed by atoms with Gasteiger partial charge in [-0.25, -0.2) is 4.99 Å². The molecular formula is C15H18N4OS2. The molecule has 5 nitrogen and oxygen atoms in total. The van der Waals surface area contributed by atoms with E-state index in [1.165, 1.54) is 11.8 Å². The summed E-state index contributed by atoms with van der Waals surface area (Å²) < 4.78 is 0. The van der Waals surface area contributed by atoms with Gasteiger partial charge in [-0.05, 0) is 19.1 Å². The molecule has 116 valence electrons. The van der Waals surface area contributed by atoms with Crippen molar-refractivity contribution in [2.75, 3.05) is 12.0 Å². The predicted molar refractivity (Wildman–Crippen MR) is 90.2 cm³/mol. The third-order valence-electron chi connectivity index (χ3n) is 4.35. The summed E-state index contributed by atoms with van der Waals surface area (Å²) in [6.45, 7) is 0. The summed E-state index contributed by atoms with van der Waals surface area (Å²) in [4.78, 5) is 16.1. The predicted octanol–water partition coefficient (Wildman–Crippen LogP) is 2.63. The lowest BCUT2D eigenvalue weighted by atomic mass is 9.61. The highest BCUT2D eigenvalue weighted by Crippen LogP contribution is 2.52. The molecule has 1 aliphatic carbocycles. The Bertz CT molecular complexity index is 606. The maximum Gasteiger partial charge on any atom is 0.235 e. The highest BCUT2D eigenvalue weighted by molar-refractivity contribution is 8.02. The number of rotatable bonds is 2. The number of carbonyl (C=O) groups excluding carboxylic acids is 1. The second-order valence-electron chi connectivity index (χ2n) is 5.48. The van der Waals surface area contributed by atoms with Crippen molar-refractivity contribution in [2.45, 2.75) is 32.1 Å². The zero-order valence-electron chi connectivity index (χ0n) is 12.4. The lowest BCUT2D eigenvalue weighted by Crippen LogP contribution is -2.48. The van der Waals surface area contributed by atoms with Gasteiger partial charge < -0.3 is 5.32 Å². The van der Waals surface area contributed by atoms with Crippen molar-refractivity contribution in [2.24, 2.45) is 16.3 Å². The molecule has 1 aliphatic heterocycles. The minimum absolute atomic E-state index is 0.0353. The van der Waals surface area contributed by atoms with Gasteiger partial charge in [0.1, 0.15) is 16.8 Å². The topological polar surface area (TPSA) is 89.0 Å². The fraction of sp³-hybridized carbons (Fsp3) is 0.600. The molecule has 0 bridgehead atoms. The molecule has 1 spiro atoms. The largest absolute Gasteiger partial charge is 0.312 e. The number of amidine groups is 1. The quantitative estimate of drug-likeness (QED) is 0.760. The second-order valence-corrected chi connectivity index (χ2v) is 6.59. The Labute approximate surface area is 140 Å². The fourth-order valence-electron chi connectivity index (χ4n) is 3.34. The normalized spacial score (nSPS) is 23.5. The minimum atomic E-state index is -0.581. The molecule has 2 rings (SSSR count). The van der Waals surface area contributed by atoms with Crippen LogP contribution in [0, 0.1) is 34.0 Å². The van der Waals surface area contributed by atoms with Crippen LogP contribution in [0.4, 0.5) is 0 Å². The number of carbonyl (C=O) groups is 1. The summed E-state index contributed by atoms with van der Waals surface area (Å²) in [5.74, 6) is -0.462. The lowest BCUT2D eigenvalue weighted by Gasteiger charge is -2.43. The van der Waals surface area contributed by atoms with E-state index in [1.54, 1.807) is 0 Å². The Morgan fingerprint density at radius 3 is 2.64 bits per heavy atom. The summed E-state index contributed by atoms with van der Waals surface area (Å²) >= 11 is 5.34. The molecule has 1 atom stereocenters. The maximum atomic E-state index is 11.7. The van der Waals surface area contributed by atoms with Crippen molar-refractivity contribution < 1.29 is 4.79 Å². The molecular weight excluding hydrogens is 316 g/mol. The van der Waals surface area contributed by atoms with Gasteiger partial charge in [-0.15, -0.1) is 11.8 Å².